The fourth-order valence-electron chi connectivity index (χ4n) is 3.00. The van der Waals surface area contributed by atoms with Crippen molar-refractivity contribution in [1.29, 1.82) is 0 Å². The lowest BCUT2D eigenvalue weighted by molar-refractivity contribution is 0.279. The van der Waals surface area contributed by atoms with Gasteiger partial charge < -0.3 is 15.7 Å². The molecule has 2 heterocycles. The molecule has 28 heavy (non-hydrogen) atoms. The Bertz CT molecular complexity index is 961. The molecule has 1 aliphatic rings. The summed E-state index contributed by atoms with van der Waals surface area (Å²) in [6, 6.07) is 7.88. The van der Waals surface area contributed by atoms with Gasteiger partial charge in [-0.15, -0.1) is 0 Å². The Balaban J connectivity index is 1.53. The average Bonchev–Trinajstić information content (AvgIpc) is 3.44. The molecule has 2 aromatic heterocycles. The molecule has 0 amide bonds. The summed E-state index contributed by atoms with van der Waals surface area (Å²) < 4.78 is 14.2. The van der Waals surface area contributed by atoms with Crippen molar-refractivity contribution in [1.82, 2.24) is 20.2 Å². The summed E-state index contributed by atoms with van der Waals surface area (Å²) in [6.07, 6.45) is 4.11. The molecule has 7 nitrogen and oxygen atoms in total. The second-order valence-electron chi connectivity index (χ2n) is 6.73. The minimum atomic E-state index is -0.480. The lowest BCUT2D eigenvalue weighted by Crippen LogP contribution is -2.16. The van der Waals surface area contributed by atoms with Gasteiger partial charge in [0, 0.05) is 29.8 Å². The predicted molar refractivity (Wildman–Crippen MR) is 105 cm³/mol. The van der Waals surface area contributed by atoms with Gasteiger partial charge in [0.05, 0.1) is 12.2 Å². The van der Waals surface area contributed by atoms with E-state index < -0.39 is 6.04 Å². The molecule has 1 aliphatic carbocycles. The van der Waals surface area contributed by atoms with E-state index in [0.29, 0.717) is 34.6 Å². The van der Waals surface area contributed by atoms with Gasteiger partial charge in [-0.3, -0.25) is 5.10 Å². The largest absolute Gasteiger partial charge is 0.396 e. The van der Waals surface area contributed by atoms with E-state index in [1.165, 1.54) is 25.1 Å². The lowest BCUT2D eigenvalue weighted by Gasteiger charge is -2.19. The third-order valence-corrected chi connectivity index (χ3v) is 4.88. The maximum absolute atomic E-state index is 14.2. The number of hydrogen-bond donors (Lipinski definition) is 4. The van der Waals surface area contributed by atoms with Crippen molar-refractivity contribution >= 4 is 29.2 Å². The molecule has 0 aliphatic heterocycles. The van der Waals surface area contributed by atoms with Crippen molar-refractivity contribution in [3.8, 4) is 0 Å². The Kier molecular flexibility index (Phi) is 5.40. The van der Waals surface area contributed by atoms with Crippen molar-refractivity contribution in [3.63, 3.8) is 0 Å². The number of nitrogens with zero attached hydrogens (tertiary/aromatic N) is 3. The predicted octanol–water partition coefficient (Wildman–Crippen LogP) is 4.15. The molecule has 4 N–H and O–H groups in total. The first-order valence-electron chi connectivity index (χ1n) is 9.10. The van der Waals surface area contributed by atoms with E-state index in [1.807, 2.05) is 6.07 Å². The summed E-state index contributed by atoms with van der Waals surface area (Å²) in [7, 11) is 0. The molecule has 1 fully saturated rings. The van der Waals surface area contributed by atoms with Crippen molar-refractivity contribution in [2.45, 2.75) is 31.2 Å². The summed E-state index contributed by atoms with van der Waals surface area (Å²) in [5, 5.41) is 23.1. The van der Waals surface area contributed by atoms with Crippen molar-refractivity contribution in [2.75, 3.05) is 17.2 Å². The fraction of sp³-hybridized carbons (Fsp3) is 0.316. The van der Waals surface area contributed by atoms with Gasteiger partial charge in [-0.1, -0.05) is 29.8 Å². The highest BCUT2D eigenvalue weighted by atomic mass is 35.5. The Labute approximate surface area is 166 Å². The lowest BCUT2D eigenvalue weighted by atomic mass is 10.0. The SMILES string of the molecule is OCCC(Nc1ncc(Cl)c(Nc2cc(C3CC3)[nH]n2)n1)c1ccccc1F. The van der Waals surface area contributed by atoms with Crippen LogP contribution in [0.1, 0.15) is 42.5 Å². The summed E-state index contributed by atoms with van der Waals surface area (Å²) in [5.41, 5.74) is 1.53. The molecule has 0 saturated heterocycles. The molecule has 1 saturated carbocycles. The number of benzene rings is 1. The average molecular weight is 403 g/mol. The van der Waals surface area contributed by atoms with Gasteiger partial charge in [-0.25, -0.2) is 9.37 Å². The first-order valence-corrected chi connectivity index (χ1v) is 9.48. The van der Waals surface area contributed by atoms with Crippen molar-refractivity contribution in [3.05, 3.63) is 58.6 Å². The number of rotatable bonds is 8. The summed E-state index contributed by atoms with van der Waals surface area (Å²) in [6.45, 7) is -0.109. The van der Waals surface area contributed by atoms with Crippen molar-refractivity contribution in [2.24, 2.45) is 0 Å². The van der Waals surface area contributed by atoms with Gasteiger partial charge >= 0.3 is 0 Å². The van der Waals surface area contributed by atoms with E-state index in [0.717, 1.165) is 5.69 Å². The maximum atomic E-state index is 14.2. The second-order valence-corrected chi connectivity index (χ2v) is 7.14. The van der Waals surface area contributed by atoms with Crippen LogP contribution in [-0.4, -0.2) is 31.9 Å². The van der Waals surface area contributed by atoms with Gasteiger partial charge in [-0.05, 0) is 25.3 Å². The number of aliphatic hydroxyl groups excluding tert-OH is 1. The molecule has 146 valence electrons. The van der Waals surface area contributed by atoms with Gasteiger partial charge in [0.1, 0.15) is 10.8 Å². The fourth-order valence-corrected chi connectivity index (χ4v) is 3.14. The zero-order valence-corrected chi connectivity index (χ0v) is 15.7. The van der Waals surface area contributed by atoms with Crippen LogP contribution in [0.2, 0.25) is 5.02 Å². The minimum absolute atomic E-state index is 0.109. The van der Waals surface area contributed by atoms with Crippen LogP contribution in [0.4, 0.5) is 22.0 Å². The molecule has 1 unspecified atom stereocenters. The van der Waals surface area contributed by atoms with E-state index in [-0.39, 0.29) is 18.4 Å². The smallest absolute Gasteiger partial charge is 0.225 e. The number of hydrogen-bond acceptors (Lipinski definition) is 6. The molecular formula is C19H20ClFN6O. The molecular weight excluding hydrogens is 383 g/mol. The highest BCUT2D eigenvalue weighted by molar-refractivity contribution is 6.32. The number of aliphatic hydroxyl groups is 1. The number of halogens is 2. The third-order valence-electron chi connectivity index (χ3n) is 4.61. The van der Waals surface area contributed by atoms with Crippen LogP contribution in [0, 0.1) is 5.82 Å². The normalized spacial score (nSPS) is 14.7. The Hall–Kier alpha value is -2.71. The first kappa shape index (κ1) is 18.6. The van der Waals surface area contributed by atoms with Crippen LogP contribution >= 0.6 is 11.6 Å². The molecule has 1 aromatic carbocycles. The van der Waals surface area contributed by atoms with Gasteiger partial charge in [0.2, 0.25) is 5.95 Å². The standard InChI is InChI=1S/C19H20ClFN6O/c20-13-10-22-19(23-15(7-8-28)12-3-1-2-4-14(12)21)25-18(13)24-17-9-16(26-27-17)11-5-6-11/h1-4,9-11,15,28H,5-8H2,(H3,22,23,24,25,26,27). The Morgan fingerprint density at radius 1 is 1.32 bits per heavy atom. The Morgan fingerprint density at radius 3 is 2.89 bits per heavy atom. The number of nitrogens with one attached hydrogen (secondary N) is 3. The first-order chi connectivity index (χ1) is 13.6. The molecule has 9 heteroatoms. The molecule has 0 spiro atoms. The molecule has 0 bridgehead atoms. The highest BCUT2D eigenvalue weighted by Gasteiger charge is 2.25. The van der Waals surface area contributed by atoms with Crippen LogP contribution in [0.3, 0.4) is 0 Å². The van der Waals surface area contributed by atoms with E-state index in [2.05, 4.69) is 30.8 Å². The number of aromatic amines is 1. The van der Waals surface area contributed by atoms with E-state index in [4.69, 9.17) is 11.6 Å². The van der Waals surface area contributed by atoms with Crippen molar-refractivity contribution < 1.29 is 9.50 Å². The summed E-state index contributed by atoms with van der Waals surface area (Å²) in [5.74, 6) is 1.48. The molecule has 0 radical (unpaired) electrons. The number of aromatic nitrogens is 4. The maximum Gasteiger partial charge on any atom is 0.225 e. The second kappa shape index (κ2) is 8.12. The van der Waals surface area contributed by atoms with E-state index in [1.54, 1.807) is 18.2 Å². The van der Waals surface area contributed by atoms with Crippen LogP contribution in [-0.2, 0) is 0 Å². The monoisotopic (exact) mass is 402 g/mol. The number of H-pyrrole nitrogens is 1. The third kappa shape index (κ3) is 4.23. The molecule has 1 atom stereocenters. The van der Waals surface area contributed by atoms with Gasteiger partial charge in [0.15, 0.2) is 11.6 Å². The molecule has 3 aromatic rings. The molecule has 4 rings (SSSR count). The topological polar surface area (TPSA) is 98.8 Å². The Morgan fingerprint density at radius 2 is 2.14 bits per heavy atom. The zero-order chi connectivity index (χ0) is 19.5. The summed E-state index contributed by atoms with van der Waals surface area (Å²) in [4.78, 5) is 8.57. The summed E-state index contributed by atoms with van der Waals surface area (Å²) >= 11 is 6.21. The van der Waals surface area contributed by atoms with Gasteiger partial charge in [-0.2, -0.15) is 10.1 Å². The van der Waals surface area contributed by atoms with E-state index >= 15 is 0 Å². The van der Waals surface area contributed by atoms with E-state index in [9.17, 15) is 9.50 Å². The minimum Gasteiger partial charge on any atom is -0.396 e. The van der Waals surface area contributed by atoms with Crippen LogP contribution in [0.5, 0.6) is 0 Å². The quantitative estimate of drug-likeness (QED) is 0.452. The van der Waals surface area contributed by atoms with Crippen LogP contribution < -0.4 is 10.6 Å². The van der Waals surface area contributed by atoms with Crippen LogP contribution in [0.15, 0.2) is 36.5 Å². The number of anilines is 3. The van der Waals surface area contributed by atoms with Crippen LogP contribution in [0.25, 0.3) is 0 Å². The van der Waals surface area contributed by atoms with Gasteiger partial charge in [0.25, 0.3) is 0 Å². The zero-order valence-electron chi connectivity index (χ0n) is 15.0. The highest BCUT2D eigenvalue weighted by Crippen LogP contribution is 2.39.